The standard InChI is InChI=1S/C12H12N4/c1-9(2)16-8-14-15-12(16)11-5-3-4-10(6-11)7-13/h3-6,8-9H,1-2H3. The van der Waals surface area contributed by atoms with Gasteiger partial charge in [0.05, 0.1) is 11.6 Å². The van der Waals surface area contributed by atoms with E-state index < -0.39 is 0 Å². The summed E-state index contributed by atoms with van der Waals surface area (Å²) in [6.45, 7) is 4.14. The van der Waals surface area contributed by atoms with Crippen LogP contribution < -0.4 is 0 Å². The molecular formula is C12H12N4. The molecule has 0 spiro atoms. The number of nitriles is 1. The molecule has 0 N–H and O–H groups in total. The van der Waals surface area contributed by atoms with Crippen LogP contribution in [0, 0.1) is 11.3 Å². The van der Waals surface area contributed by atoms with Gasteiger partial charge in [0.1, 0.15) is 6.33 Å². The topological polar surface area (TPSA) is 54.5 Å². The maximum Gasteiger partial charge on any atom is 0.164 e. The van der Waals surface area contributed by atoms with Crippen LogP contribution in [0.1, 0.15) is 25.5 Å². The number of aromatic nitrogens is 3. The minimum absolute atomic E-state index is 0.302. The van der Waals surface area contributed by atoms with Crippen molar-refractivity contribution in [2.75, 3.05) is 0 Å². The van der Waals surface area contributed by atoms with E-state index in [2.05, 4.69) is 30.1 Å². The van der Waals surface area contributed by atoms with Gasteiger partial charge >= 0.3 is 0 Å². The summed E-state index contributed by atoms with van der Waals surface area (Å²) in [6.07, 6.45) is 1.71. The largest absolute Gasteiger partial charge is 0.311 e. The van der Waals surface area contributed by atoms with Crippen molar-refractivity contribution in [3.63, 3.8) is 0 Å². The van der Waals surface area contributed by atoms with Crippen LogP contribution in [0.3, 0.4) is 0 Å². The van der Waals surface area contributed by atoms with Crippen molar-refractivity contribution in [2.24, 2.45) is 0 Å². The molecule has 2 rings (SSSR count). The second-order valence-corrected chi connectivity index (χ2v) is 3.85. The fourth-order valence-electron chi connectivity index (χ4n) is 1.56. The van der Waals surface area contributed by atoms with Crippen LogP contribution in [0.25, 0.3) is 11.4 Å². The highest BCUT2D eigenvalue weighted by molar-refractivity contribution is 5.57. The first kappa shape index (κ1) is 10.4. The molecule has 16 heavy (non-hydrogen) atoms. The maximum atomic E-state index is 8.85. The van der Waals surface area contributed by atoms with Gasteiger partial charge in [-0.15, -0.1) is 10.2 Å². The first-order valence-corrected chi connectivity index (χ1v) is 5.12. The minimum atomic E-state index is 0.302. The van der Waals surface area contributed by atoms with Gasteiger partial charge in [-0.2, -0.15) is 5.26 Å². The first-order chi connectivity index (χ1) is 7.72. The van der Waals surface area contributed by atoms with E-state index in [9.17, 15) is 0 Å². The molecule has 0 fully saturated rings. The predicted molar refractivity (Wildman–Crippen MR) is 60.6 cm³/mol. The highest BCUT2D eigenvalue weighted by Gasteiger charge is 2.09. The van der Waals surface area contributed by atoms with Crippen LogP contribution >= 0.6 is 0 Å². The summed E-state index contributed by atoms with van der Waals surface area (Å²) in [4.78, 5) is 0. The lowest BCUT2D eigenvalue weighted by atomic mass is 10.1. The Kier molecular flexibility index (Phi) is 2.69. The van der Waals surface area contributed by atoms with E-state index >= 15 is 0 Å². The number of hydrogen-bond acceptors (Lipinski definition) is 3. The Labute approximate surface area is 94.2 Å². The zero-order valence-electron chi connectivity index (χ0n) is 9.25. The van der Waals surface area contributed by atoms with Gasteiger partial charge in [-0.1, -0.05) is 12.1 Å². The Morgan fingerprint density at radius 3 is 2.88 bits per heavy atom. The van der Waals surface area contributed by atoms with Crippen molar-refractivity contribution in [1.29, 1.82) is 5.26 Å². The quantitative estimate of drug-likeness (QED) is 0.768. The van der Waals surface area contributed by atoms with Crippen molar-refractivity contribution in [2.45, 2.75) is 19.9 Å². The molecule has 0 aliphatic carbocycles. The molecule has 0 aliphatic heterocycles. The van der Waals surface area contributed by atoms with Gasteiger partial charge < -0.3 is 4.57 Å². The lowest BCUT2D eigenvalue weighted by molar-refractivity contribution is 0.604. The van der Waals surface area contributed by atoms with Crippen LogP contribution in [0.2, 0.25) is 0 Å². The molecule has 0 unspecified atom stereocenters. The van der Waals surface area contributed by atoms with Gasteiger partial charge in [-0.3, -0.25) is 0 Å². The molecule has 1 aromatic heterocycles. The second-order valence-electron chi connectivity index (χ2n) is 3.85. The molecule has 0 bridgehead atoms. The molecule has 0 saturated carbocycles. The third kappa shape index (κ3) is 1.80. The molecule has 0 saturated heterocycles. The van der Waals surface area contributed by atoms with Gasteiger partial charge in [-0.05, 0) is 26.0 Å². The van der Waals surface area contributed by atoms with E-state index in [4.69, 9.17) is 5.26 Å². The van der Waals surface area contributed by atoms with Crippen LogP contribution in [0.4, 0.5) is 0 Å². The molecule has 2 aromatic rings. The third-order valence-corrected chi connectivity index (χ3v) is 2.38. The molecule has 0 aliphatic rings. The summed E-state index contributed by atoms with van der Waals surface area (Å²) in [5, 5.41) is 16.8. The predicted octanol–water partition coefficient (Wildman–Crippen LogP) is 2.40. The molecule has 0 atom stereocenters. The van der Waals surface area contributed by atoms with Gasteiger partial charge in [-0.25, -0.2) is 0 Å². The third-order valence-electron chi connectivity index (χ3n) is 2.38. The Morgan fingerprint density at radius 2 is 2.19 bits per heavy atom. The second kappa shape index (κ2) is 4.15. The number of nitrogens with zero attached hydrogens (tertiary/aromatic N) is 4. The number of benzene rings is 1. The molecule has 1 aromatic carbocycles. The van der Waals surface area contributed by atoms with Crippen molar-refractivity contribution >= 4 is 0 Å². The fraction of sp³-hybridized carbons (Fsp3) is 0.250. The Morgan fingerprint density at radius 1 is 1.38 bits per heavy atom. The van der Waals surface area contributed by atoms with Crippen LogP contribution in [0.5, 0.6) is 0 Å². The molecule has 80 valence electrons. The highest BCUT2D eigenvalue weighted by Crippen LogP contribution is 2.20. The van der Waals surface area contributed by atoms with Crippen molar-refractivity contribution in [1.82, 2.24) is 14.8 Å². The number of rotatable bonds is 2. The Bertz CT molecular complexity index is 534. The molecule has 0 amide bonds. The number of hydrogen-bond donors (Lipinski definition) is 0. The monoisotopic (exact) mass is 212 g/mol. The van der Waals surface area contributed by atoms with Crippen molar-refractivity contribution in [3.8, 4) is 17.5 Å². The summed E-state index contributed by atoms with van der Waals surface area (Å²) in [5.74, 6) is 0.798. The average Bonchev–Trinajstić information content (AvgIpc) is 2.78. The smallest absolute Gasteiger partial charge is 0.164 e. The minimum Gasteiger partial charge on any atom is -0.311 e. The Balaban J connectivity index is 2.51. The molecule has 0 radical (unpaired) electrons. The molecule has 4 heteroatoms. The van der Waals surface area contributed by atoms with E-state index in [1.807, 2.05) is 22.8 Å². The van der Waals surface area contributed by atoms with Gasteiger partial charge in [0.25, 0.3) is 0 Å². The molecule has 4 nitrogen and oxygen atoms in total. The van der Waals surface area contributed by atoms with E-state index in [0.717, 1.165) is 11.4 Å². The zero-order chi connectivity index (χ0) is 11.5. The van der Waals surface area contributed by atoms with Gasteiger partial charge in [0, 0.05) is 11.6 Å². The first-order valence-electron chi connectivity index (χ1n) is 5.12. The van der Waals surface area contributed by atoms with E-state index in [-0.39, 0.29) is 0 Å². The highest BCUT2D eigenvalue weighted by atomic mass is 15.3. The van der Waals surface area contributed by atoms with Gasteiger partial charge in [0.15, 0.2) is 5.82 Å². The summed E-state index contributed by atoms with van der Waals surface area (Å²) >= 11 is 0. The fourth-order valence-corrected chi connectivity index (χ4v) is 1.56. The summed E-state index contributed by atoms with van der Waals surface area (Å²) in [7, 11) is 0. The molecule has 1 heterocycles. The SMILES string of the molecule is CC(C)n1cnnc1-c1cccc(C#N)c1. The van der Waals surface area contributed by atoms with E-state index in [0.29, 0.717) is 11.6 Å². The van der Waals surface area contributed by atoms with E-state index in [1.165, 1.54) is 0 Å². The van der Waals surface area contributed by atoms with Gasteiger partial charge in [0.2, 0.25) is 0 Å². The summed E-state index contributed by atoms with van der Waals surface area (Å²) < 4.78 is 1.98. The van der Waals surface area contributed by atoms with E-state index in [1.54, 1.807) is 12.4 Å². The van der Waals surface area contributed by atoms with Crippen LogP contribution in [-0.2, 0) is 0 Å². The van der Waals surface area contributed by atoms with Crippen LogP contribution in [-0.4, -0.2) is 14.8 Å². The average molecular weight is 212 g/mol. The lowest BCUT2D eigenvalue weighted by Gasteiger charge is -2.09. The summed E-state index contributed by atoms with van der Waals surface area (Å²) in [5.41, 5.74) is 1.56. The zero-order valence-corrected chi connectivity index (χ0v) is 9.25. The molecular weight excluding hydrogens is 200 g/mol. The Hall–Kier alpha value is -2.15. The lowest BCUT2D eigenvalue weighted by Crippen LogP contribution is -2.01. The van der Waals surface area contributed by atoms with Crippen molar-refractivity contribution in [3.05, 3.63) is 36.2 Å². The maximum absolute atomic E-state index is 8.85. The van der Waals surface area contributed by atoms with Crippen molar-refractivity contribution < 1.29 is 0 Å². The normalized spacial score (nSPS) is 10.4. The summed E-state index contributed by atoms with van der Waals surface area (Å²) in [6, 6.07) is 9.81. The van der Waals surface area contributed by atoms with Crippen LogP contribution in [0.15, 0.2) is 30.6 Å².